The van der Waals surface area contributed by atoms with Crippen molar-refractivity contribution < 1.29 is 19.3 Å². The van der Waals surface area contributed by atoms with Crippen LogP contribution in [0.15, 0.2) is 28.4 Å². The third kappa shape index (κ3) is 4.10. The first-order valence-electron chi connectivity index (χ1n) is 12.7. The Morgan fingerprint density at radius 1 is 1.28 bits per heavy atom. The van der Waals surface area contributed by atoms with E-state index in [-0.39, 0.29) is 36.3 Å². The maximum absolute atomic E-state index is 10.1. The predicted molar refractivity (Wildman–Crippen MR) is 136 cm³/mol. The van der Waals surface area contributed by atoms with Crippen molar-refractivity contribution in [2.45, 2.75) is 67.0 Å². The van der Waals surface area contributed by atoms with Gasteiger partial charge >= 0.3 is 0 Å². The van der Waals surface area contributed by atoms with Gasteiger partial charge in [0.25, 0.3) is 0 Å². The van der Waals surface area contributed by atoms with Gasteiger partial charge in [0.15, 0.2) is 17.4 Å². The molecule has 0 amide bonds. The standard InChI is InChI=1S/C25H34N6O4S/c1-15-22(26)25(14-35-15)4-7-30(8-5-25)23-18(12-32)29-20(10-28-23)36-19-3-6-27-24-21(19)34-13-16-9-17(33-2)11-31(16)24/h3,6,10,15-17,22,32H,4-5,7-9,11-14,26H2,1-2H3/t15-,16-,17-,22+/m0/s1. The van der Waals surface area contributed by atoms with E-state index in [9.17, 15) is 5.11 Å². The third-order valence-corrected chi connectivity index (χ3v) is 9.27. The smallest absolute Gasteiger partial charge is 0.175 e. The molecule has 0 radical (unpaired) electrons. The van der Waals surface area contributed by atoms with E-state index >= 15 is 0 Å². The molecule has 10 nitrogen and oxygen atoms in total. The number of hydrogen-bond acceptors (Lipinski definition) is 11. The lowest BCUT2D eigenvalue weighted by Gasteiger charge is -2.41. The van der Waals surface area contributed by atoms with Gasteiger partial charge in [0.05, 0.1) is 42.6 Å². The monoisotopic (exact) mass is 514 g/mol. The zero-order valence-electron chi connectivity index (χ0n) is 20.8. The molecule has 3 fully saturated rings. The second-order valence-electron chi connectivity index (χ2n) is 10.3. The number of pyridine rings is 1. The van der Waals surface area contributed by atoms with Gasteiger partial charge in [0, 0.05) is 44.4 Å². The fraction of sp³-hybridized carbons (Fsp3) is 0.640. The van der Waals surface area contributed by atoms with Crippen molar-refractivity contribution in [2.24, 2.45) is 11.1 Å². The molecule has 36 heavy (non-hydrogen) atoms. The van der Waals surface area contributed by atoms with Crippen molar-refractivity contribution in [3.63, 3.8) is 0 Å². The van der Waals surface area contributed by atoms with Crippen molar-refractivity contribution in [1.82, 2.24) is 15.0 Å². The van der Waals surface area contributed by atoms with Gasteiger partial charge in [-0.1, -0.05) is 11.8 Å². The molecule has 0 saturated carbocycles. The Balaban J connectivity index is 1.19. The Labute approximate surface area is 215 Å². The first-order chi connectivity index (χ1) is 17.5. The molecule has 0 unspecified atom stereocenters. The average molecular weight is 515 g/mol. The molecule has 4 aliphatic rings. The quantitative estimate of drug-likeness (QED) is 0.608. The predicted octanol–water partition coefficient (Wildman–Crippen LogP) is 1.83. The van der Waals surface area contributed by atoms with Gasteiger partial charge in [-0.2, -0.15) is 0 Å². The molecule has 3 saturated heterocycles. The molecule has 194 valence electrons. The number of aromatic nitrogens is 3. The summed E-state index contributed by atoms with van der Waals surface area (Å²) in [7, 11) is 1.76. The highest BCUT2D eigenvalue weighted by atomic mass is 32.2. The molecule has 2 aromatic heterocycles. The van der Waals surface area contributed by atoms with Crippen molar-refractivity contribution in [1.29, 1.82) is 0 Å². The van der Waals surface area contributed by atoms with E-state index in [4.69, 9.17) is 29.9 Å². The molecule has 4 atom stereocenters. The van der Waals surface area contributed by atoms with Crippen LogP contribution in [0.1, 0.15) is 31.9 Å². The van der Waals surface area contributed by atoms with Gasteiger partial charge in [-0.05, 0) is 32.3 Å². The van der Waals surface area contributed by atoms with Crippen LogP contribution >= 0.6 is 11.8 Å². The lowest BCUT2D eigenvalue weighted by Crippen LogP contribution is -2.51. The van der Waals surface area contributed by atoms with Crippen LogP contribution in [-0.4, -0.2) is 84.3 Å². The number of nitrogens with two attached hydrogens (primary N) is 1. The zero-order chi connectivity index (χ0) is 24.9. The SMILES string of the molecule is CO[C@H]1C[C@H]2COc3c(Sc4cnc(N5CCC6(CC5)CO[C@@H](C)[C@H]6N)c(CO)n4)ccnc3N2C1. The largest absolute Gasteiger partial charge is 0.486 e. The lowest BCUT2D eigenvalue weighted by atomic mass is 9.73. The van der Waals surface area contributed by atoms with Crippen LogP contribution in [0.2, 0.25) is 0 Å². The van der Waals surface area contributed by atoms with E-state index in [1.54, 1.807) is 13.3 Å². The molecular formula is C25H34N6O4S. The number of aliphatic hydroxyl groups is 1. The number of aliphatic hydroxyl groups excluding tert-OH is 1. The van der Waals surface area contributed by atoms with Crippen LogP contribution < -0.4 is 20.3 Å². The summed E-state index contributed by atoms with van der Waals surface area (Å²) in [6, 6.07) is 2.29. The van der Waals surface area contributed by atoms with Gasteiger partial charge in [-0.25, -0.2) is 15.0 Å². The Kier molecular flexibility index (Phi) is 6.45. The minimum absolute atomic E-state index is 0.0383. The van der Waals surface area contributed by atoms with Crippen LogP contribution in [0.5, 0.6) is 5.75 Å². The number of ether oxygens (including phenoxy) is 3. The number of rotatable bonds is 5. The summed E-state index contributed by atoms with van der Waals surface area (Å²) >= 11 is 1.48. The van der Waals surface area contributed by atoms with Crippen LogP contribution in [0, 0.1) is 5.41 Å². The number of fused-ring (bicyclic) bond motifs is 3. The number of nitrogens with zero attached hydrogens (tertiary/aromatic N) is 5. The minimum Gasteiger partial charge on any atom is -0.486 e. The van der Waals surface area contributed by atoms with E-state index in [0.717, 1.165) is 67.8 Å². The van der Waals surface area contributed by atoms with Crippen molar-refractivity contribution in [3.8, 4) is 5.75 Å². The summed E-state index contributed by atoms with van der Waals surface area (Å²) in [6.45, 7) is 5.68. The summed E-state index contributed by atoms with van der Waals surface area (Å²) < 4.78 is 17.6. The second kappa shape index (κ2) is 9.60. The maximum atomic E-state index is 10.1. The van der Waals surface area contributed by atoms with E-state index in [2.05, 4.69) is 21.7 Å². The topological polar surface area (TPSA) is 119 Å². The van der Waals surface area contributed by atoms with Crippen LogP contribution in [0.25, 0.3) is 0 Å². The van der Waals surface area contributed by atoms with Gasteiger partial charge < -0.3 is 34.9 Å². The highest BCUT2D eigenvalue weighted by Gasteiger charge is 2.48. The molecule has 4 aliphatic heterocycles. The van der Waals surface area contributed by atoms with Crippen LogP contribution in [0.4, 0.5) is 11.6 Å². The average Bonchev–Trinajstić information content (AvgIpc) is 3.46. The fourth-order valence-corrected chi connectivity index (χ4v) is 6.91. The molecular weight excluding hydrogens is 480 g/mol. The third-order valence-electron chi connectivity index (χ3n) is 8.32. The van der Waals surface area contributed by atoms with E-state index in [0.29, 0.717) is 17.3 Å². The van der Waals surface area contributed by atoms with Gasteiger partial charge in [0.1, 0.15) is 17.3 Å². The molecule has 2 aromatic rings. The summed E-state index contributed by atoms with van der Waals surface area (Å²) in [6.07, 6.45) is 6.72. The van der Waals surface area contributed by atoms with Crippen molar-refractivity contribution in [3.05, 3.63) is 24.2 Å². The van der Waals surface area contributed by atoms with Gasteiger partial charge in [-0.15, -0.1) is 0 Å². The molecule has 1 spiro atoms. The van der Waals surface area contributed by atoms with Crippen LogP contribution in [0.3, 0.4) is 0 Å². The Bertz CT molecular complexity index is 1110. The minimum atomic E-state index is -0.170. The summed E-state index contributed by atoms with van der Waals surface area (Å²) in [4.78, 5) is 19.6. The number of hydrogen-bond donors (Lipinski definition) is 2. The Morgan fingerprint density at radius 2 is 2.11 bits per heavy atom. The molecule has 6 rings (SSSR count). The molecule has 6 heterocycles. The summed E-state index contributed by atoms with van der Waals surface area (Å²) in [5, 5.41) is 10.8. The second-order valence-corrected chi connectivity index (χ2v) is 11.4. The Morgan fingerprint density at radius 3 is 2.83 bits per heavy atom. The normalized spacial score (nSPS) is 28.8. The highest BCUT2D eigenvalue weighted by Crippen LogP contribution is 2.45. The number of piperidine rings is 1. The van der Waals surface area contributed by atoms with E-state index < -0.39 is 0 Å². The lowest BCUT2D eigenvalue weighted by molar-refractivity contribution is 0.0973. The first kappa shape index (κ1) is 24.2. The maximum Gasteiger partial charge on any atom is 0.175 e. The number of anilines is 2. The van der Waals surface area contributed by atoms with E-state index in [1.165, 1.54) is 11.8 Å². The molecule has 0 aromatic carbocycles. The number of methoxy groups -OCH3 is 1. The molecule has 11 heteroatoms. The van der Waals surface area contributed by atoms with Gasteiger partial charge in [0.2, 0.25) is 0 Å². The highest BCUT2D eigenvalue weighted by molar-refractivity contribution is 7.99. The van der Waals surface area contributed by atoms with Crippen LogP contribution in [-0.2, 0) is 16.1 Å². The fourth-order valence-electron chi connectivity index (χ4n) is 6.05. The van der Waals surface area contributed by atoms with Crippen molar-refractivity contribution >= 4 is 23.4 Å². The van der Waals surface area contributed by atoms with E-state index in [1.807, 2.05) is 12.3 Å². The molecule has 0 bridgehead atoms. The molecule has 3 N–H and O–H groups in total. The zero-order valence-corrected chi connectivity index (χ0v) is 21.6. The Hall–Kier alpha value is -2.18. The van der Waals surface area contributed by atoms with Gasteiger partial charge in [-0.3, -0.25) is 0 Å². The summed E-state index contributed by atoms with van der Waals surface area (Å²) in [5.41, 5.74) is 7.10. The first-order valence-corrected chi connectivity index (χ1v) is 13.5. The summed E-state index contributed by atoms with van der Waals surface area (Å²) in [5.74, 6) is 2.38. The molecule has 0 aliphatic carbocycles. The van der Waals surface area contributed by atoms with Crippen molar-refractivity contribution in [2.75, 3.05) is 49.8 Å².